The molecule has 0 bridgehead atoms. The van der Waals surface area contributed by atoms with Crippen LogP contribution in [0.3, 0.4) is 0 Å². The van der Waals surface area contributed by atoms with Crippen molar-refractivity contribution < 1.29 is 14.3 Å². The molecule has 1 saturated heterocycles. The van der Waals surface area contributed by atoms with Crippen LogP contribution in [0.15, 0.2) is 54.1 Å². The molecule has 0 aliphatic carbocycles. The number of aryl methyl sites for hydroxylation is 3. The predicted octanol–water partition coefficient (Wildman–Crippen LogP) is 4.94. The number of hydrogen-bond acceptors (Lipinski definition) is 4. The van der Waals surface area contributed by atoms with E-state index in [1.807, 2.05) is 83.1 Å². The molecule has 4 rings (SSSR count). The summed E-state index contributed by atoms with van der Waals surface area (Å²) >= 11 is 5.34. The normalized spacial score (nSPS) is 15.1. The molecule has 1 aromatic heterocycles. The SMILES string of the molecule is CCOc1ccc(-n2c(C)cc(/C=C3\C(=O)NC(=S)N(c4cc(C)cc(C)c4)C3=O)c2C)cc1. The Balaban J connectivity index is 1.73. The first-order valence-electron chi connectivity index (χ1n) is 11.1. The second-order valence-electron chi connectivity index (χ2n) is 8.39. The molecular weight excluding hydrogens is 446 g/mol. The summed E-state index contributed by atoms with van der Waals surface area (Å²) in [6, 6.07) is 15.6. The van der Waals surface area contributed by atoms with E-state index >= 15 is 0 Å². The van der Waals surface area contributed by atoms with E-state index < -0.39 is 11.8 Å². The first-order chi connectivity index (χ1) is 16.2. The van der Waals surface area contributed by atoms with E-state index in [0.717, 1.165) is 39.5 Å². The molecule has 1 aliphatic heterocycles. The average Bonchev–Trinajstić information content (AvgIpc) is 3.04. The van der Waals surface area contributed by atoms with Gasteiger partial charge in [0.2, 0.25) is 0 Å². The molecule has 1 aliphatic rings. The first kappa shape index (κ1) is 23.4. The van der Waals surface area contributed by atoms with Gasteiger partial charge in [-0.25, -0.2) is 0 Å². The van der Waals surface area contributed by atoms with Crippen molar-refractivity contribution in [1.82, 2.24) is 9.88 Å². The number of carbonyl (C=O) groups excluding carboxylic acids is 2. The Morgan fingerprint density at radius 1 is 0.941 bits per heavy atom. The summed E-state index contributed by atoms with van der Waals surface area (Å²) in [5.41, 5.74) is 6.36. The number of nitrogens with zero attached hydrogens (tertiary/aromatic N) is 2. The summed E-state index contributed by atoms with van der Waals surface area (Å²) in [4.78, 5) is 27.6. The van der Waals surface area contributed by atoms with Gasteiger partial charge in [0.05, 0.1) is 12.3 Å². The molecular formula is C27H27N3O3S. The maximum absolute atomic E-state index is 13.4. The van der Waals surface area contributed by atoms with Gasteiger partial charge < -0.3 is 9.30 Å². The molecule has 1 fully saturated rings. The molecule has 0 atom stereocenters. The number of thiocarbonyl (C=S) groups is 1. The molecule has 0 radical (unpaired) electrons. The molecule has 34 heavy (non-hydrogen) atoms. The Morgan fingerprint density at radius 3 is 2.21 bits per heavy atom. The molecule has 2 amide bonds. The van der Waals surface area contributed by atoms with E-state index in [2.05, 4.69) is 9.88 Å². The van der Waals surface area contributed by atoms with E-state index in [0.29, 0.717) is 12.3 Å². The topological polar surface area (TPSA) is 63.6 Å². The van der Waals surface area contributed by atoms with Gasteiger partial charge in [-0.05, 0) is 112 Å². The van der Waals surface area contributed by atoms with E-state index in [9.17, 15) is 9.59 Å². The largest absolute Gasteiger partial charge is 0.494 e. The van der Waals surface area contributed by atoms with Gasteiger partial charge in [-0.15, -0.1) is 0 Å². The third kappa shape index (κ3) is 4.39. The van der Waals surface area contributed by atoms with Crippen molar-refractivity contribution in [3.8, 4) is 11.4 Å². The Bertz CT molecular complexity index is 1320. The van der Waals surface area contributed by atoms with Crippen molar-refractivity contribution >= 4 is 40.9 Å². The number of carbonyl (C=O) groups is 2. The van der Waals surface area contributed by atoms with Gasteiger partial charge in [0.1, 0.15) is 11.3 Å². The van der Waals surface area contributed by atoms with Gasteiger partial charge >= 0.3 is 0 Å². The van der Waals surface area contributed by atoms with E-state index in [1.165, 1.54) is 4.90 Å². The van der Waals surface area contributed by atoms with Crippen molar-refractivity contribution in [2.24, 2.45) is 0 Å². The fourth-order valence-corrected chi connectivity index (χ4v) is 4.60. The summed E-state index contributed by atoms with van der Waals surface area (Å²) in [6.07, 6.45) is 1.64. The molecule has 174 valence electrons. The van der Waals surface area contributed by atoms with Crippen molar-refractivity contribution in [3.05, 3.63) is 82.2 Å². The fraction of sp³-hybridized carbons (Fsp3) is 0.222. The minimum absolute atomic E-state index is 0.0414. The standard InChI is InChI=1S/C27H27N3O3S/c1-6-33-23-9-7-21(8-10-23)29-18(4)14-20(19(29)5)15-24-25(31)28-27(34)30(26(24)32)22-12-16(2)11-17(3)13-22/h7-15H,6H2,1-5H3,(H,28,31,34)/b24-15+. The highest BCUT2D eigenvalue weighted by atomic mass is 32.1. The van der Waals surface area contributed by atoms with Crippen LogP contribution < -0.4 is 15.0 Å². The zero-order valence-electron chi connectivity index (χ0n) is 19.9. The Morgan fingerprint density at radius 2 is 1.59 bits per heavy atom. The molecule has 0 saturated carbocycles. The summed E-state index contributed by atoms with van der Waals surface area (Å²) in [5.74, 6) is -0.130. The van der Waals surface area contributed by atoms with Crippen molar-refractivity contribution in [3.63, 3.8) is 0 Å². The lowest BCUT2D eigenvalue weighted by molar-refractivity contribution is -0.122. The maximum Gasteiger partial charge on any atom is 0.270 e. The maximum atomic E-state index is 13.4. The van der Waals surface area contributed by atoms with Gasteiger partial charge in [0.25, 0.3) is 11.8 Å². The Kier molecular flexibility index (Phi) is 6.39. The van der Waals surface area contributed by atoms with Gasteiger partial charge in [-0.1, -0.05) is 6.07 Å². The smallest absolute Gasteiger partial charge is 0.270 e. The van der Waals surface area contributed by atoms with Crippen LogP contribution in [0.25, 0.3) is 11.8 Å². The summed E-state index contributed by atoms with van der Waals surface area (Å²) in [6.45, 7) is 10.4. The van der Waals surface area contributed by atoms with Crippen LogP contribution in [-0.2, 0) is 9.59 Å². The van der Waals surface area contributed by atoms with Gasteiger partial charge in [0, 0.05) is 17.1 Å². The van der Waals surface area contributed by atoms with Crippen LogP contribution in [0.2, 0.25) is 0 Å². The molecule has 0 spiro atoms. The minimum Gasteiger partial charge on any atom is -0.494 e. The number of anilines is 1. The average molecular weight is 474 g/mol. The van der Waals surface area contributed by atoms with Gasteiger partial charge in [0.15, 0.2) is 5.11 Å². The number of aromatic nitrogens is 1. The second-order valence-corrected chi connectivity index (χ2v) is 8.78. The van der Waals surface area contributed by atoms with Crippen LogP contribution >= 0.6 is 12.2 Å². The highest BCUT2D eigenvalue weighted by Gasteiger charge is 2.35. The number of ether oxygens (including phenoxy) is 1. The molecule has 0 unspecified atom stereocenters. The third-order valence-electron chi connectivity index (χ3n) is 5.74. The second kappa shape index (κ2) is 9.27. The minimum atomic E-state index is -0.499. The highest BCUT2D eigenvalue weighted by molar-refractivity contribution is 7.80. The summed E-state index contributed by atoms with van der Waals surface area (Å²) in [5, 5.41) is 2.75. The fourth-order valence-electron chi connectivity index (χ4n) is 4.32. The lowest BCUT2D eigenvalue weighted by atomic mass is 10.1. The molecule has 1 N–H and O–H groups in total. The number of rotatable bonds is 5. The quantitative estimate of drug-likeness (QED) is 0.324. The van der Waals surface area contributed by atoms with Crippen LogP contribution in [0.4, 0.5) is 5.69 Å². The molecule has 7 heteroatoms. The molecule has 2 aromatic carbocycles. The Hall–Kier alpha value is -3.71. The molecule has 6 nitrogen and oxygen atoms in total. The number of nitrogens with one attached hydrogen (secondary N) is 1. The lowest BCUT2D eigenvalue weighted by Gasteiger charge is -2.29. The van der Waals surface area contributed by atoms with Crippen LogP contribution in [0.1, 0.15) is 35.0 Å². The lowest BCUT2D eigenvalue weighted by Crippen LogP contribution is -2.54. The number of benzene rings is 2. The molecule has 3 aromatic rings. The highest BCUT2D eigenvalue weighted by Crippen LogP contribution is 2.27. The first-order valence-corrected chi connectivity index (χ1v) is 11.5. The van der Waals surface area contributed by atoms with Crippen molar-refractivity contribution in [2.75, 3.05) is 11.5 Å². The third-order valence-corrected chi connectivity index (χ3v) is 6.03. The van der Waals surface area contributed by atoms with E-state index in [1.54, 1.807) is 6.08 Å². The van der Waals surface area contributed by atoms with Gasteiger partial charge in [-0.3, -0.25) is 19.8 Å². The summed E-state index contributed by atoms with van der Waals surface area (Å²) in [7, 11) is 0. The van der Waals surface area contributed by atoms with E-state index in [-0.39, 0.29) is 10.7 Å². The summed E-state index contributed by atoms with van der Waals surface area (Å²) < 4.78 is 7.62. The van der Waals surface area contributed by atoms with Crippen molar-refractivity contribution in [2.45, 2.75) is 34.6 Å². The van der Waals surface area contributed by atoms with E-state index in [4.69, 9.17) is 17.0 Å². The van der Waals surface area contributed by atoms with Gasteiger partial charge in [-0.2, -0.15) is 0 Å². The Labute approximate surface area is 204 Å². The number of amides is 2. The zero-order valence-corrected chi connectivity index (χ0v) is 20.7. The number of hydrogen-bond donors (Lipinski definition) is 1. The van der Waals surface area contributed by atoms with Crippen molar-refractivity contribution in [1.29, 1.82) is 0 Å². The van der Waals surface area contributed by atoms with Crippen LogP contribution in [-0.4, -0.2) is 28.1 Å². The van der Waals surface area contributed by atoms with Crippen LogP contribution in [0, 0.1) is 27.7 Å². The monoisotopic (exact) mass is 473 g/mol. The van der Waals surface area contributed by atoms with Crippen LogP contribution in [0.5, 0.6) is 5.75 Å². The zero-order chi connectivity index (χ0) is 24.6. The predicted molar refractivity (Wildman–Crippen MR) is 139 cm³/mol. The molecule has 2 heterocycles.